The fraction of sp³-hybridized carbons (Fsp3) is 0.643. The monoisotopic (exact) mass is 383 g/mol. The summed E-state index contributed by atoms with van der Waals surface area (Å²) >= 11 is 0. The number of aromatic nitrogens is 2. The van der Waals surface area contributed by atoms with E-state index in [1.807, 2.05) is 0 Å². The minimum atomic E-state index is -2.48. The Labute approximate surface area is 151 Å². The molecule has 5 N–H and O–H groups in total. The molecule has 0 spiro atoms. The molecule has 2 fully saturated rings. The minimum Gasteiger partial charge on any atom is -0.454 e. The largest absolute Gasteiger partial charge is 0.454 e. The lowest BCUT2D eigenvalue weighted by molar-refractivity contribution is -0.160. The number of nitrogens with two attached hydrogens (primary N) is 2. The summed E-state index contributed by atoms with van der Waals surface area (Å²) in [6.45, 7) is 3.34. The van der Waals surface area contributed by atoms with Gasteiger partial charge in [-0.1, -0.05) is 19.0 Å². The summed E-state index contributed by atoms with van der Waals surface area (Å²) in [5.41, 5.74) is 14.2. The number of ether oxygens (including phenoxy) is 2. The maximum Gasteiger partial charge on any atom is 0.351 e. The van der Waals surface area contributed by atoms with E-state index >= 15 is 4.39 Å². The van der Waals surface area contributed by atoms with Crippen molar-refractivity contribution in [2.24, 2.45) is 16.8 Å². The molecule has 27 heavy (non-hydrogen) atoms. The van der Waals surface area contributed by atoms with Crippen LogP contribution in [0.5, 0.6) is 0 Å². The molecule has 6 atom stereocenters. The summed E-state index contributed by atoms with van der Waals surface area (Å²) < 4.78 is 26.2. The van der Waals surface area contributed by atoms with Gasteiger partial charge in [-0.2, -0.15) is 4.98 Å². The molecule has 13 heteroatoms. The van der Waals surface area contributed by atoms with Crippen molar-refractivity contribution in [3.8, 4) is 0 Å². The molecule has 12 nitrogen and oxygen atoms in total. The molecular weight excluding hydrogens is 365 g/mol. The minimum absolute atomic E-state index is 0.0900. The number of aliphatic hydroxyl groups is 1. The molecular formula is C14H18FN7O5. The van der Waals surface area contributed by atoms with Gasteiger partial charge in [0.15, 0.2) is 24.1 Å². The van der Waals surface area contributed by atoms with Gasteiger partial charge in [0, 0.05) is 11.1 Å². The summed E-state index contributed by atoms with van der Waals surface area (Å²) in [5, 5.41) is 14.0. The lowest BCUT2D eigenvalue weighted by atomic mass is 10.1. The Morgan fingerprint density at radius 3 is 2.85 bits per heavy atom. The standard InChI is InChI=1S/C14H18FN7O5/c1-5(2)7(17)10(23)26-11-13(25)8(15)9(27-14(11,13)20-21-18)22-4-3-6(16)19-12(22)24/h3-5,7-9,11,25H,17H2,1-2H3,(H2,16,19,24)/t7?,8-,9+,11?,13+,14?/m0/s1. The average Bonchev–Trinajstić information content (AvgIpc) is 2.99. The van der Waals surface area contributed by atoms with Crippen molar-refractivity contribution in [1.29, 1.82) is 0 Å². The Hall–Kier alpha value is -2.73. The third kappa shape index (κ3) is 2.55. The van der Waals surface area contributed by atoms with Gasteiger partial charge in [0.1, 0.15) is 11.9 Å². The number of fused-ring (bicyclic) bond motifs is 1. The van der Waals surface area contributed by atoms with E-state index in [1.54, 1.807) is 13.8 Å². The van der Waals surface area contributed by atoms with E-state index in [1.165, 1.54) is 6.07 Å². The zero-order valence-electron chi connectivity index (χ0n) is 14.4. The highest BCUT2D eigenvalue weighted by Gasteiger charge is 2.91. The van der Waals surface area contributed by atoms with E-state index in [0.717, 1.165) is 10.8 Å². The number of halogens is 1. The number of alkyl halides is 1. The number of nitrogen functional groups attached to an aromatic ring is 1. The summed E-state index contributed by atoms with van der Waals surface area (Å²) in [7, 11) is 0. The van der Waals surface area contributed by atoms with Gasteiger partial charge < -0.3 is 26.0 Å². The van der Waals surface area contributed by atoms with Crippen molar-refractivity contribution in [1.82, 2.24) is 9.55 Å². The van der Waals surface area contributed by atoms with Crippen LogP contribution in [-0.2, 0) is 14.3 Å². The van der Waals surface area contributed by atoms with E-state index in [2.05, 4.69) is 15.0 Å². The normalized spacial score (nSPS) is 35.3. The molecule has 0 radical (unpaired) electrons. The van der Waals surface area contributed by atoms with Gasteiger partial charge in [0.2, 0.25) is 5.72 Å². The molecule has 1 aliphatic heterocycles. The highest BCUT2D eigenvalue weighted by Crippen LogP contribution is 2.65. The third-order valence-corrected chi connectivity index (χ3v) is 4.76. The summed E-state index contributed by atoms with van der Waals surface area (Å²) in [4.78, 5) is 30.0. The fourth-order valence-corrected chi connectivity index (χ4v) is 3.04. The first-order chi connectivity index (χ1) is 12.6. The van der Waals surface area contributed by atoms with E-state index in [9.17, 15) is 14.7 Å². The number of hydrogen-bond acceptors (Lipinski definition) is 9. The number of carbonyl (C=O) groups is 1. The smallest absolute Gasteiger partial charge is 0.351 e. The zero-order chi connectivity index (χ0) is 20.1. The van der Waals surface area contributed by atoms with Crippen LogP contribution in [0.1, 0.15) is 20.1 Å². The number of esters is 1. The number of hydrogen-bond donors (Lipinski definition) is 3. The van der Waals surface area contributed by atoms with Gasteiger partial charge in [0.25, 0.3) is 0 Å². The molecule has 2 heterocycles. The summed E-state index contributed by atoms with van der Waals surface area (Å²) in [5.74, 6) is -1.29. The highest BCUT2D eigenvalue weighted by atomic mass is 19.1. The van der Waals surface area contributed by atoms with Crippen molar-refractivity contribution in [3.63, 3.8) is 0 Å². The van der Waals surface area contributed by atoms with Crippen molar-refractivity contribution in [2.45, 2.75) is 49.7 Å². The fourth-order valence-electron chi connectivity index (χ4n) is 3.04. The second kappa shape index (κ2) is 6.16. The predicted molar refractivity (Wildman–Crippen MR) is 87.4 cm³/mol. The number of rotatable bonds is 5. The Morgan fingerprint density at radius 1 is 1.63 bits per heavy atom. The van der Waals surface area contributed by atoms with E-state index < -0.39 is 47.5 Å². The lowest BCUT2D eigenvalue weighted by Crippen LogP contribution is -2.42. The molecule has 0 aromatic carbocycles. The number of anilines is 1. The molecule has 3 unspecified atom stereocenters. The molecule has 0 bridgehead atoms. The number of nitrogens with zero attached hydrogens (tertiary/aromatic N) is 5. The maximum atomic E-state index is 15.0. The Kier molecular flexibility index (Phi) is 4.35. The Balaban J connectivity index is 1.91. The molecule has 2 aliphatic rings. The molecule has 0 amide bonds. The first-order valence-corrected chi connectivity index (χ1v) is 8.01. The topological polar surface area (TPSA) is 191 Å². The maximum absolute atomic E-state index is 15.0. The van der Waals surface area contributed by atoms with Crippen molar-refractivity contribution < 1.29 is 23.8 Å². The molecule has 1 aromatic heterocycles. The van der Waals surface area contributed by atoms with Crippen molar-refractivity contribution >= 4 is 11.8 Å². The molecule has 1 saturated carbocycles. The van der Waals surface area contributed by atoms with Crippen LogP contribution in [0.15, 0.2) is 22.2 Å². The molecule has 3 rings (SSSR count). The molecule has 1 aliphatic carbocycles. The van der Waals surface area contributed by atoms with Gasteiger partial charge in [-0.05, 0) is 17.5 Å². The lowest BCUT2D eigenvalue weighted by Gasteiger charge is -2.23. The van der Waals surface area contributed by atoms with Crippen LogP contribution in [0.4, 0.5) is 10.2 Å². The zero-order valence-corrected chi connectivity index (χ0v) is 14.4. The van der Waals surface area contributed by atoms with Gasteiger partial charge in [-0.25, -0.2) is 9.18 Å². The number of carbonyl (C=O) groups excluding carboxylic acids is 1. The van der Waals surface area contributed by atoms with Gasteiger partial charge in [-0.15, -0.1) is 0 Å². The summed E-state index contributed by atoms with van der Waals surface area (Å²) in [6.07, 6.45) is -4.41. The first-order valence-electron chi connectivity index (χ1n) is 8.01. The highest BCUT2D eigenvalue weighted by molar-refractivity contribution is 5.76. The van der Waals surface area contributed by atoms with Crippen LogP contribution in [0.2, 0.25) is 0 Å². The quantitative estimate of drug-likeness (QED) is 0.258. The Morgan fingerprint density at radius 2 is 2.30 bits per heavy atom. The van der Waals surface area contributed by atoms with Crippen LogP contribution >= 0.6 is 0 Å². The van der Waals surface area contributed by atoms with Crippen LogP contribution < -0.4 is 17.2 Å². The van der Waals surface area contributed by atoms with Crippen molar-refractivity contribution in [2.75, 3.05) is 5.73 Å². The molecule has 1 saturated heterocycles. The third-order valence-electron chi connectivity index (χ3n) is 4.76. The average molecular weight is 383 g/mol. The summed E-state index contributed by atoms with van der Waals surface area (Å²) in [6, 6.07) is 0.195. The first kappa shape index (κ1) is 19.0. The van der Waals surface area contributed by atoms with Crippen LogP contribution in [0.25, 0.3) is 10.4 Å². The van der Waals surface area contributed by atoms with Gasteiger partial charge >= 0.3 is 11.7 Å². The number of azide groups is 1. The Bertz CT molecular complexity index is 887. The van der Waals surface area contributed by atoms with Crippen LogP contribution in [0.3, 0.4) is 0 Å². The second-order valence-corrected chi connectivity index (χ2v) is 6.75. The second-order valence-electron chi connectivity index (χ2n) is 6.75. The van der Waals surface area contributed by atoms with Gasteiger partial charge in [0.05, 0.1) is 0 Å². The van der Waals surface area contributed by atoms with Gasteiger partial charge in [-0.3, -0.25) is 9.36 Å². The van der Waals surface area contributed by atoms with E-state index in [4.69, 9.17) is 26.5 Å². The molecule has 1 aromatic rings. The van der Waals surface area contributed by atoms with Crippen LogP contribution in [-0.4, -0.2) is 50.3 Å². The van der Waals surface area contributed by atoms with Crippen LogP contribution in [0, 0.1) is 5.92 Å². The SMILES string of the molecule is CC(C)C(N)C(=O)OC1C2(N=[N+]=[N-])O[C@@H](n3ccc(N)nc3=O)[C@H](F)[C@@]12O. The predicted octanol–water partition coefficient (Wildman–Crippen LogP) is -0.661. The molecule has 146 valence electrons. The van der Waals surface area contributed by atoms with E-state index in [-0.39, 0.29) is 11.7 Å². The van der Waals surface area contributed by atoms with Crippen molar-refractivity contribution in [3.05, 3.63) is 33.2 Å². The van der Waals surface area contributed by atoms with E-state index in [0.29, 0.717) is 0 Å².